The summed E-state index contributed by atoms with van der Waals surface area (Å²) in [5.74, 6) is -1.09. The highest BCUT2D eigenvalue weighted by Gasteiger charge is 2.18. The van der Waals surface area contributed by atoms with Crippen molar-refractivity contribution < 1.29 is 24.2 Å². The predicted octanol–water partition coefficient (Wildman–Crippen LogP) is 2.12. The number of aliphatic hydroxyl groups is 1. The first kappa shape index (κ1) is 17.4. The summed E-state index contributed by atoms with van der Waals surface area (Å²) in [5.41, 5.74) is 1.11. The topological polar surface area (TPSA) is 84.9 Å². The van der Waals surface area contributed by atoms with Gasteiger partial charge in [0.05, 0.1) is 24.8 Å². The number of esters is 1. The second-order valence-electron chi connectivity index (χ2n) is 4.30. The fourth-order valence-electron chi connectivity index (χ4n) is 1.67. The van der Waals surface area contributed by atoms with Gasteiger partial charge in [-0.25, -0.2) is 4.79 Å². The van der Waals surface area contributed by atoms with Crippen LogP contribution in [0.1, 0.15) is 29.3 Å². The van der Waals surface area contributed by atoms with Crippen LogP contribution in [0, 0.1) is 6.92 Å². The van der Waals surface area contributed by atoms with Crippen molar-refractivity contribution in [2.75, 3.05) is 19.0 Å². The Morgan fingerprint density at radius 3 is 2.67 bits per heavy atom. The van der Waals surface area contributed by atoms with Gasteiger partial charge in [0, 0.05) is 11.6 Å². The third kappa shape index (κ3) is 5.00. The van der Waals surface area contributed by atoms with E-state index >= 15 is 0 Å². The van der Waals surface area contributed by atoms with E-state index in [2.05, 4.69) is 10.1 Å². The molecule has 0 aromatic heterocycles. The average molecular weight is 316 g/mol. The van der Waals surface area contributed by atoms with Crippen LogP contribution in [0.2, 0.25) is 5.02 Å². The van der Waals surface area contributed by atoms with Gasteiger partial charge in [-0.1, -0.05) is 11.6 Å². The highest BCUT2D eigenvalue weighted by atomic mass is 35.5. The molecule has 0 radical (unpaired) electrons. The first-order valence-electron chi connectivity index (χ1n) is 6.37. The maximum absolute atomic E-state index is 11.8. The van der Waals surface area contributed by atoms with E-state index in [9.17, 15) is 14.7 Å². The summed E-state index contributed by atoms with van der Waals surface area (Å²) in [6.07, 6.45) is -1.45. The number of aliphatic hydroxyl groups excluding tert-OH is 1. The van der Waals surface area contributed by atoms with Crippen molar-refractivity contribution in [2.45, 2.75) is 26.6 Å². The molecule has 1 amide bonds. The molecular formula is C14H18ClNO5. The highest BCUT2D eigenvalue weighted by Crippen LogP contribution is 2.26. The van der Waals surface area contributed by atoms with E-state index < -0.39 is 18.2 Å². The SMILES string of the molecule is CCOC(O)CC(=O)Nc1cc(Cl)c(C)cc1C(=O)OC. The van der Waals surface area contributed by atoms with Crippen LogP contribution >= 0.6 is 11.6 Å². The molecule has 0 bridgehead atoms. The van der Waals surface area contributed by atoms with Crippen LogP contribution in [-0.4, -0.2) is 37.0 Å². The number of anilines is 1. The Kier molecular flexibility index (Phi) is 6.61. The second kappa shape index (κ2) is 7.97. The first-order chi connectivity index (χ1) is 9.88. The average Bonchev–Trinajstić information content (AvgIpc) is 2.41. The van der Waals surface area contributed by atoms with Crippen LogP contribution in [0.3, 0.4) is 0 Å². The summed E-state index contributed by atoms with van der Waals surface area (Å²) >= 11 is 6.00. The van der Waals surface area contributed by atoms with E-state index in [-0.39, 0.29) is 24.3 Å². The van der Waals surface area contributed by atoms with Gasteiger partial charge in [0.15, 0.2) is 6.29 Å². The minimum atomic E-state index is -1.20. The minimum Gasteiger partial charge on any atom is -0.465 e. The summed E-state index contributed by atoms with van der Waals surface area (Å²) in [6, 6.07) is 3.00. The van der Waals surface area contributed by atoms with Crippen LogP contribution < -0.4 is 5.32 Å². The largest absolute Gasteiger partial charge is 0.465 e. The number of aryl methyl sites for hydroxylation is 1. The summed E-state index contributed by atoms with van der Waals surface area (Å²) in [6.45, 7) is 3.73. The van der Waals surface area contributed by atoms with Crippen LogP contribution in [0.5, 0.6) is 0 Å². The van der Waals surface area contributed by atoms with E-state index in [1.54, 1.807) is 13.8 Å². The quantitative estimate of drug-likeness (QED) is 0.620. The number of hydrogen-bond acceptors (Lipinski definition) is 5. The van der Waals surface area contributed by atoms with Crippen molar-refractivity contribution in [3.05, 3.63) is 28.3 Å². The lowest BCUT2D eigenvalue weighted by molar-refractivity contribution is -0.132. The second-order valence-corrected chi connectivity index (χ2v) is 4.71. The first-order valence-corrected chi connectivity index (χ1v) is 6.74. The van der Waals surface area contributed by atoms with Gasteiger partial charge >= 0.3 is 5.97 Å². The van der Waals surface area contributed by atoms with Gasteiger partial charge in [0.25, 0.3) is 0 Å². The number of ether oxygens (including phenoxy) is 2. The molecule has 0 heterocycles. The van der Waals surface area contributed by atoms with Crippen LogP contribution in [0.25, 0.3) is 0 Å². The van der Waals surface area contributed by atoms with Gasteiger partial charge in [-0.05, 0) is 31.5 Å². The van der Waals surface area contributed by atoms with Gasteiger partial charge in [-0.2, -0.15) is 0 Å². The van der Waals surface area contributed by atoms with Crippen LogP contribution in [-0.2, 0) is 14.3 Å². The molecule has 1 unspecified atom stereocenters. The van der Waals surface area contributed by atoms with E-state index in [0.717, 1.165) is 0 Å². The maximum Gasteiger partial charge on any atom is 0.339 e. The van der Waals surface area contributed by atoms with Crippen LogP contribution in [0.4, 0.5) is 5.69 Å². The summed E-state index contributed by atoms with van der Waals surface area (Å²) in [5, 5.41) is 12.3. The molecule has 6 nitrogen and oxygen atoms in total. The van der Waals surface area contributed by atoms with Gasteiger partial charge in [-0.15, -0.1) is 0 Å². The lowest BCUT2D eigenvalue weighted by atomic mass is 10.1. The highest BCUT2D eigenvalue weighted by molar-refractivity contribution is 6.32. The number of hydrogen-bond donors (Lipinski definition) is 2. The summed E-state index contributed by atoms with van der Waals surface area (Å²) in [7, 11) is 1.25. The Morgan fingerprint density at radius 1 is 1.43 bits per heavy atom. The molecule has 0 spiro atoms. The molecule has 0 aliphatic carbocycles. The Bertz CT molecular complexity index is 532. The fraction of sp³-hybridized carbons (Fsp3) is 0.429. The van der Waals surface area contributed by atoms with Crippen molar-refractivity contribution >= 4 is 29.2 Å². The summed E-state index contributed by atoms with van der Waals surface area (Å²) in [4.78, 5) is 23.5. The number of halogens is 1. The van der Waals surface area contributed by atoms with Gasteiger partial charge in [0.2, 0.25) is 5.91 Å². The number of carbonyl (C=O) groups excluding carboxylic acids is 2. The molecule has 116 valence electrons. The Labute approximate surface area is 128 Å². The van der Waals surface area contributed by atoms with Gasteiger partial charge < -0.3 is 19.9 Å². The lowest BCUT2D eigenvalue weighted by Gasteiger charge is -2.14. The molecule has 1 atom stereocenters. The fourth-order valence-corrected chi connectivity index (χ4v) is 1.84. The van der Waals surface area contributed by atoms with E-state index in [1.807, 2.05) is 0 Å². The molecule has 7 heteroatoms. The number of carbonyl (C=O) groups is 2. The molecule has 1 aromatic rings. The third-order valence-corrected chi connectivity index (χ3v) is 3.10. The normalized spacial score (nSPS) is 11.9. The molecule has 0 fully saturated rings. The molecular weight excluding hydrogens is 298 g/mol. The Balaban J connectivity index is 2.93. The smallest absolute Gasteiger partial charge is 0.339 e. The van der Waals surface area contributed by atoms with Crippen molar-refractivity contribution in [1.29, 1.82) is 0 Å². The van der Waals surface area contributed by atoms with Crippen LogP contribution in [0.15, 0.2) is 12.1 Å². The number of amides is 1. The predicted molar refractivity (Wildman–Crippen MR) is 78.4 cm³/mol. The molecule has 1 rings (SSSR count). The van der Waals surface area contributed by atoms with Crippen molar-refractivity contribution in [2.24, 2.45) is 0 Å². The number of benzene rings is 1. The molecule has 0 saturated carbocycles. The zero-order valence-corrected chi connectivity index (χ0v) is 12.9. The zero-order chi connectivity index (χ0) is 16.0. The van der Waals surface area contributed by atoms with E-state index in [1.165, 1.54) is 19.2 Å². The molecule has 21 heavy (non-hydrogen) atoms. The van der Waals surface area contributed by atoms with Gasteiger partial charge in [-0.3, -0.25) is 4.79 Å². The molecule has 0 aliphatic heterocycles. The van der Waals surface area contributed by atoms with Crippen molar-refractivity contribution in [3.8, 4) is 0 Å². The Morgan fingerprint density at radius 2 is 2.10 bits per heavy atom. The molecule has 1 aromatic carbocycles. The number of rotatable bonds is 6. The summed E-state index contributed by atoms with van der Waals surface area (Å²) < 4.78 is 9.53. The molecule has 0 saturated heterocycles. The lowest BCUT2D eigenvalue weighted by Crippen LogP contribution is -2.23. The van der Waals surface area contributed by atoms with Gasteiger partial charge in [0.1, 0.15) is 0 Å². The monoisotopic (exact) mass is 315 g/mol. The molecule has 0 aliphatic rings. The standard InChI is InChI=1S/C14H18ClNO5/c1-4-21-13(18)7-12(17)16-11-6-10(15)8(2)5-9(11)14(19)20-3/h5-6,13,18H,4,7H2,1-3H3,(H,16,17). The minimum absolute atomic E-state index is 0.193. The van der Waals surface area contributed by atoms with E-state index in [0.29, 0.717) is 10.6 Å². The molecule has 2 N–H and O–H groups in total. The third-order valence-electron chi connectivity index (χ3n) is 2.70. The van der Waals surface area contributed by atoms with E-state index in [4.69, 9.17) is 16.3 Å². The number of nitrogens with one attached hydrogen (secondary N) is 1. The zero-order valence-electron chi connectivity index (χ0n) is 12.1. The van der Waals surface area contributed by atoms with Crippen molar-refractivity contribution in [1.82, 2.24) is 0 Å². The maximum atomic E-state index is 11.8. The van der Waals surface area contributed by atoms with Crippen molar-refractivity contribution in [3.63, 3.8) is 0 Å². The number of methoxy groups -OCH3 is 1. The Hall–Kier alpha value is -1.63.